The minimum atomic E-state index is -0.374. The number of ether oxygens (including phenoxy) is 1. The lowest BCUT2D eigenvalue weighted by molar-refractivity contribution is -0.149. The van der Waals surface area contributed by atoms with E-state index in [0.29, 0.717) is 10.7 Å². The topological polar surface area (TPSA) is 68.3 Å². The Labute approximate surface area is 179 Å². The number of thiazole rings is 1. The third kappa shape index (κ3) is 2.97. The zero-order valence-electron chi connectivity index (χ0n) is 17.3. The van der Waals surface area contributed by atoms with Crippen LogP contribution in [0.5, 0.6) is 0 Å². The minimum Gasteiger partial charge on any atom is -0.461 e. The van der Waals surface area contributed by atoms with E-state index in [2.05, 4.69) is 19.2 Å². The average molecular weight is 429 g/mol. The van der Waals surface area contributed by atoms with Gasteiger partial charge in [0.15, 0.2) is 5.13 Å². The highest BCUT2D eigenvalue weighted by molar-refractivity contribution is 7.15. The second-order valence-corrected chi connectivity index (χ2v) is 10.4. The molecule has 1 saturated carbocycles. The Kier molecular flexibility index (Phi) is 4.51. The Hall–Kier alpha value is -2.28. The molecule has 1 saturated heterocycles. The predicted octanol–water partition coefficient (Wildman–Crippen LogP) is 4.79. The molecule has 1 aromatic heterocycles. The molecule has 158 valence electrons. The van der Waals surface area contributed by atoms with E-state index in [1.165, 1.54) is 40.5 Å². The summed E-state index contributed by atoms with van der Waals surface area (Å²) in [5, 5.41) is 3.44. The number of nitrogens with zero attached hydrogens (tertiary/aromatic N) is 1. The van der Waals surface area contributed by atoms with Crippen LogP contribution in [-0.2, 0) is 16.0 Å². The first kappa shape index (κ1) is 19.7. The van der Waals surface area contributed by atoms with E-state index in [1.807, 2.05) is 6.92 Å². The van der Waals surface area contributed by atoms with Crippen LogP contribution in [0.25, 0.3) is 0 Å². The lowest BCUT2D eigenvalue weighted by Gasteiger charge is -2.51. The number of halogens is 1. The molecule has 2 fully saturated rings. The molecule has 0 bridgehead atoms. The van der Waals surface area contributed by atoms with Crippen molar-refractivity contribution in [1.29, 1.82) is 0 Å². The van der Waals surface area contributed by atoms with E-state index in [0.717, 1.165) is 25.0 Å². The van der Waals surface area contributed by atoms with E-state index in [4.69, 9.17) is 9.72 Å². The lowest BCUT2D eigenvalue weighted by Crippen LogP contribution is -2.50. The summed E-state index contributed by atoms with van der Waals surface area (Å²) in [4.78, 5) is 30.7. The zero-order valence-corrected chi connectivity index (χ0v) is 18.1. The Morgan fingerprint density at radius 2 is 2.00 bits per heavy atom. The van der Waals surface area contributed by atoms with Gasteiger partial charge in [0.2, 0.25) is 0 Å². The summed E-state index contributed by atoms with van der Waals surface area (Å²) >= 11 is 1.52. The Morgan fingerprint density at radius 3 is 2.73 bits per heavy atom. The maximum absolute atomic E-state index is 13.1. The fourth-order valence-electron chi connectivity index (χ4n) is 5.90. The van der Waals surface area contributed by atoms with Gasteiger partial charge in [0.1, 0.15) is 11.9 Å². The highest BCUT2D eigenvalue weighted by Gasteiger charge is 2.58. The number of aromatic nitrogens is 1. The van der Waals surface area contributed by atoms with Crippen molar-refractivity contribution in [2.75, 3.05) is 5.32 Å². The van der Waals surface area contributed by atoms with Crippen molar-refractivity contribution in [3.63, 3.8) is 0 Å². The maximum atomic E-state index is 13.1. The number of hydrogen-bond acceptors (Lipinski definition) is 5. The van der Waals surface area contributed by atoms with Crippen molar-refractivity contribution in [2.24, 2.45) is 23.2 Å². The number of fused-ring (bicyclic) bond motifs is 4. The van der Waals surface area contributed by atoms with Crippen molar-refractivity contribution in [3.8, 4) is 0 Å². The molecular weight excluding hydrogens is 403 g/mol. The van der Waals surface area contributed by atoms with Crippen LogP contribution in [0.4, 0.5) is 9.52 Å². The second-order valence-electron chi connectivity index (χ2n) is 9.33. The van der Waals surface area contributed by atoms with E-state index in [-0.39, 0.29) is 52.9 Å². The molecule has 2 heterocycles. The number of esters is 1. The number of carbonyl (C=O) groups is 2. The number of hydrogen-bond donors (Lipinski definition) is 1. The van der Waals surface area contributed by atoms with Crippen molar-refractivity contribution < 1.29 is 18.7 Å². The van der Waals surface area contributed by atoms with Gasteiger partial charge in [0.05, 0.1) is 11.6 Å². The molecule has 30 heavy (non-hydrogen) atoms. The standard InChI is InChI=1S/C23H25FN2O3S/c1-11-15-8-9-23(3)10-16-18(12(2)17(23)19(15)29-21(11)28)25-22(30-16)26-20(27)13-4-6-14(24)7-5-13/h4-7,11-12,15,17,19H,8-10H2,1-3H3,(H,25,26,27)/t11-,12-,15-,17+,19-,23-/m0/s1. The first-order chi connectivity index (χ1) is 14.3. The summed E-state index contributed by atoms with van der Waals surface area (Å²) in [5.74, 6) is -0.0993. The molecule has 1 N–H and O–H groups in total. The van der Waals surface area contributed by atoms with Gasteiger partial charge in [-0.05, 0) is 48.9 Å². The van der Waals surface area contributed by atoms with Crippen molar-refractivity contribution in [2.45, 2.75) is 52.1 Å². The molecule has 2 aliphatic carbocycles. The van der Waals surface area contributed by atoms with Crippen LogP contribution in [0, 0.1) is 29.0 Å². The van der Waals surface area contributed by atoms with Gasteiger partial charge in [-0.2, -0.15) is 0 Å². The molecule has 1 aliphatic heterocycles. The second kappa shape index (κ2) is 6.87. The molecule has 6 atom stereocenters. The Balaban J connectivity index is 1.42. The molecule has 0 spiro atoms. The first-order valence-electron chi connectivity index (χ1n) is 10.5. The van der Waals surface area contributed by atoms with Crippen LogP contribution in [0.15, 0.2) is 24.3 Å². The van der Waals surface area contributed by atoms with E-state index in [1.54, 1.807) is 0 Å². The molecule has 1 aromatic carbocycles. The van der Waals surface area contributed by atoms with E-state index < -0.39 is 0 Å². The predicted molar refractivity (Wildman–Crippen MR) is 112 cm³/mol. The number of anilines is 1. The molecule has 5 rings (SSSR count). The lowest BCUT2D eigenvalue weighted by atomic mass is 9.54. The SMILES string of the molecule is C[C@@H]1C(=O)O[C@H]2[C@H]1CC[C@@]1(C)Cc3sc(NC(=O)c4ccc(F)cc4)nc3[C@@H](C)[C@H]21. The quantitative estimate of drug-likeness (QED) is 0.699. The number of carbonyl (C=O) groups excluding carboxylic acids is 2. The van der Waals surface area contributed by atoms with Gasteiger partial charge in [-0.1, -0.05) is 20.8 Å². The molecule has 1 amide bonds. The van der Waals surface area contributed by atoms with E-state index >= 15 is 0 Å². The summed E-state index contributed by atoms with van der Waals surface area (Å²) in [6.07, 6.45) is 2.92. The number of rotatable bonds is 2. The highest BCUT2D eigenvalue weighted by atomic mass is 32.1. The summed E-state index contributed by atoms with van der Waals surface area (Å²) in [6.45, 7) is 6.46. The van der Waals surface area contributed by atoms with Gasteiger partial charge in [0.25, 0.3) is 5.91 Å². The fraction of sp³-hybridized carbons (Fsp3) is 0.522. The van der Waals surface area contributed by atoms with Gasteiger partial charge in [-0.3, -0.25) is 14.9 Å². The van der Waals surface area contributed by atoms with Gasteiger partial charge < -0.3 is 4.74 Å². The van der Waals surface area contributed by atoms with Gasteiger partial charge in [0, 0.05) is 28.2 Å². The molecule has 5 nitrogen and oxygen atoms in total. The fourth-order valence-corrected chi connectivity index (χ4v) is 7.16. The average Bonchev–Trinajstić information content (AvgIpc) is 3.22. The Morgan fingerprint density at radius 1 is 1.27 bits per heavy atom. The molecule has 3 aliphatic rings. The normalized spacial score (nSPS) is 34.5. The van der Waals surface area contributed by atoms with Crippen molar-refractivity contribution in [1.82, 2.24) is 4.98 Å². The minimum absolute atomic E-state index is 0.0332. The van der Waals surface area contributed by atoms with Crippen LogP contribution in [0.1, 0.15) is 60.5 Å². The summed E-state index contributed by atoms with van der Waals surface area (Å²) in [5.41, 5.74) is 1.46. The van der Waals surface area contributed by atoms with Crippen molar-refractivity contribution in [3.05, 3.63) is 46.2 Å². The summed E-state index contributed by atoms with van der Waals surface area (Å²) < 4.78 is 19.0. The summed E-state index contributed by atoms with van der Waals surface area (Å²) in [7, 11) is 0. The van der Waals surface area contributed by atoms with Crippen molar-refractivity contribution >= 4 is 28.3 Å². The van der Waals surface area contributed by atoms with Crippen LogP contribution < -0.4 is 5.32 Å². The van der Waals surface area contributed by atoms with Crippen LogP contribution in [-0.4, -0.2) is 23.0 Å². The highest BCUT2D eigenvalue weighted by Crippen LogP contribution is 2.59. The third-order valence-electron chi connectivity index (χ3n) is 7.48. The molecular formula is C23H25FN2O3S. The van der Waals surface area contributed by atoms with Gasteiger partial charge >= 0.3 is 5.97 Å². The largest absolute Gasteiger partial charge is 0.461 e. The number of amides is 1. The molecule has 0 radical (unpaired) electrons. The first-order valence-corrected chi connectivity index (χ1v) is 11.4. The third-order valence-corrected chi connectivity index (χ3v) is 8.47. The summed E-state index contributed by atoms with van der Waals surface area (Å²) in [6, 6.07) is 5.48. The zero-order chi connectivity index (χ0) is 21.2. The number of benzene rings is 1. The van der Waals surface area contributed by atoms with Gasteiger partial charge in [-0.25, -0.2) is 9.37 Å². The van der Waals surface area contributed by atoms with Crippen LogP contribution in [0.2, 0.25) is 0 Å². The molecule has 7 heteroatoms. The monoisotopic (exact) mass is 428 g/mol. The molecule has 0 unspecified atom stereocenters. The van der Waals surface area contributed by atoms with E-state index in [9.17, 15) is 14.0 Å². The maximum Gasteiger partial charge on any atom is 0.309 e. The number of nitrogens with one attached hydrogen (secondary N) is 1. The smallest absolute Gasteiger partial charge is 0.309 e. The van der Waals surface area contributed by atoms with Crippen LogP contribution in [0.3, 0.4) is 0 Å². The Bertz CT molecular complexity index is 1020. The van der Waals surface area contributed by atoms with Crippen LogP contribution >= 0.6 is 11.3 Å². The molecule has 2 aromatic rings. The van der Waals surface area contributed by atoms with Gasteiger partial charge in [-0.15, -0.1) is 11.3 Å².